The molecule has 0 aliphatic carbocycles. The van der Waals surface area contributed by atoms with Gasteiger partial charge in [0.1, 0.15) is 0 Å². The highest BCUT2D eigenvalue weighted by atomic mass is 16.2. The number of nitrogens with zero attached hydrogens (tertiary/aromatic N) is 1. The van der Waals surface area contributed by atoms with Crippen LogP contribution in [-0.4, -0.2) is 19.0 Å². The summed E-state index contributed by atoms with van der Waals surface area (Å²) < 4.78 is 0. The summed E-state index contributed by atoms with van der Waals surface area (Å²) in [5.74, 6) is 6.05. The summed E-state index contributed by atoms with van der Waals surface area (Å²) in [6.07, 6.45) is 3.86. The van der Waals surface area contributed by atoms with Crippen molar-refractivity contribution < 1.29 is 4.79 Å². The van der Waals surface area contributed by atoms with E-state index in [2.05, 4.69) is 11.8 Å². The summed E-state index contributed by atoms with van der Waals surface area (Å²) in [5, 5.41) is 0. The van der Waals surface area contributed by atoms with Crippen molar-refractivity contribution in [1.29, 1.82) is 0 Å². The first-order valence-electron chi connectivity index (χ1n) is 6.40. The molecule has 1 heterocycles. The van der Waals surface area contributed by atoms with Gasteiger partial charge in [0.2, 0.25) is 5.91 Å². The standard InChI is InChI=1S/C15H18N2O/c16-10-5-7-13-6-4-8-14(12-13)17-11-3-1-2-9-15(17)18/h4,6,8,12H,1-3,9-11,16H2. The first-order valence-corrected chi connectivity index (χ1v) is 6.40. The average Bonchev–Trinajstić information content (AvgIpc) is 2.61. The SMILES string of the molecule is NCC#Cc1cccc(N2CCCCCC2=O)c1. The second kappa shape index (κ2) is 6.23. The molecule has 1 aromatic rings. The number of anilines is 1. The van der Waals surface area contributed by atoms with Crippen molar-refractivity contribution in [2.75, 3.05) is 18.0 Å². The van der Waals surface area contributed by atoms with Crippen molar-refractivity contribution in [3.8, 4) is 11.8 Å². The van der Waals surface area contributed by atoms with Gasteiger partial charge in [-0.2, -0.15) is 0 Å². The molecule has 0 unspecified atom stereocenters. The Hall–Kier alpha value is -1.79. The number of rotatable bonds is 1. The lowest BCUT2D eigenvalue weighted by Crippen LogP contribution is -2.29. The second-order valence-corrected chi connectivity index (χ2v) is 4.41. The quantitative estimate of drug-likeness (QED) is 0.765. The van der Waals surface area contributed by atoms with Crippen LogP contribution < -0.4 is 10.6 Å². The average molecular weight is 242 g/mol. The van der Waals surface area contributed by atoms with Crippen LogP contribution in [0, 0.1) is 11.8 Å². The molecule has 3 heteroatoms. The Balaban J connectivity index is 2.23. The minimum Gasteiger partial charge on any atom is -0.320 e. The summed E-state index contributed by atoms with van der Waals surface area (Å²) in [7, 11) is 0. The zero-order chi connectivity index (χ0) is 12.8. The highest BCUT2D eigenvalue weighted by Crippen LogP contribution is 2.21. The van der Waals surface area contributed by atoms with E-state index in [1.807, 2.05) is 29.2 Å². The smallest absolute Gasteiger partial charge is 0.226 e. The Bertz CT molecular complexity index is 485. The highest BCUT2D eigenvalue weighted by Gasteiger charge is 2.17. The van der Waals surface area contributed by atoms with Crippen LogP contribution in [-0.2, 0) is 4.79 Å². The van der Waals surface area contributed by atoms with Gasteiger partial charge in [-0.1, -0.05) is 24.3 Å². The zero-order valence-corrected chi connectivity index (χ0v) is 10.5. The molecule has 0 saturated carbocycles. The van der Waals surface area contributed by atoms with Gasteiger partial charge >= 0.3 is 0 Å². The fraction of sp³-hybridized carbons (Fsp3) is 0.400. The van der Waals surface area contributed by atoms with Gasteiger partial charge < -0.3 is 10.6 Å². The maximum absolute atomic E-state index is 12.0. The Kier molecular flexibility index (Phi) is 4.38. The minimum absolute atomic E-state index is 0.219. The Labute approximate surface area is 108 Å². The Morgan fingerprint density at radius 1 is 1.28 bits per heavy atom. The van der Waals surface area contributed by atoms with E-state index in [9.17, 15) is 4.79 Å². The monoisotopic (exact) mass is 242 g/mol. The van der Waals surface area contributed by atoms with Crippen molar-refractivity contribution in [3.05, 3.63) is 29.8 Å². The molecule has 94 valence electrons. The number of carbonyl (C=O) groups is 1. The van der Waals surface area contributed by atoms with Gasteiger partial charge in [-0.3, -0.25) is 4.79 Å². The van der Waals surface area contributed by atoms with Crippen LogP contribution in [0.2, 0.25) is 0 Å². The zero-order valence-electron chi connectivity index (χ0n) is 10.5. The molecule has 2 N–H and O–H groups in total. The molecule has 1 aliphatic rings. The largest absolute Gasteiger partial charge is 0.320 e. The van der Waals surface area contributed by atoms with E-state index in [1.54, 1.807) is 0 Å². The fourth-order valence-electron chi connectivity index (χ4n) is 2.16. The molecule has 1 fully saturated rings. The molecule has 1 amide bonds. The normalized spacial score (nSPS) is 15.8. The van der Waals surface area contributed by atoms with E-state index in [0.717, 1.165) is 37.1 Å². The topological polar surface area (TPSA) is 46.3 Å². The number of nitrogens with two attached hydrogens (primary N) is 1. The molecule has 0 atom stereocenters. The lowest BCUT2D eigenvalue weighted by atomic mass is 10.2. The van der Waals surface area contributed by atoms with Gasteiger partial charge in [0, 0.05) is 24.2 Å². The molecule has 0 radical (unpaired) electrons. The lowest BCUT2D eigenvalue weighted by Gasteiger charge is -2.20. The lowest BCUT2D eigenvalue weighted by molar-refractivity contribution is -0.118. The van der Waals surface area contributed by atoms with Crippen molar-refractivity contribution in [1.82, 2.24) is 0 Å². The highest BCUT2D eigenvalue weighted by molar-refractivity contribution is 5.93. The van der Waals surface area contributed by atoms with Gasteiger partial charge in [0.25, 0.3) is 0 Å². The first-order chi connectivity index (χ1) is 8.81. The third-order valence-corrected chi connectivity index (χ3v) is 3.07. The summed E-state index contributed by atoms with van der Waals surface area (Å²) in [6, 6.07) is 7.81. The van der Waals surface area contributed by atoms with Gasteiger partial charge in [-0.15, -0.1) is 0 Å². The van der Waals surface area contributed by atoms with Crippen molar-refractivity contribution in [2.24, 2.45) is 5.73 Å². The van der Waals surface area contributed by atoms with Gasteiger partial charge in [0.05, 0.1) is 6.54 Å². The summed E-state index contributed by atoms with van der Waals surface area (Å²) >= 11 is 0. The summed E-state index contributed by atoms with van der Waals surface area (Å²) in [6.45, 7) is 1.17. The molecule has 1 saturated heterocycles. The maximum atomic E-state index is 12.0. The van der Waals surface area contributed by atoms with E-state index in [1.165, 1.54) is 0 Å². The van der Waals surface area contributed by atoms with E-state index < -0.39 is 0 Å². The number of carbonyl (C=O) groups excluding carboxylic acids is 1. The van der Waals surface area contributed by atoms with E-state index in [0.29, 0.717) is 13.0 Å². The van der Waals surface area contributed by atoms with Crippen LogP contribution in [0.3, 0.4) is 0 Å². The van der Waals surface area contributed by atoms with Crippen LogP contribution in [0.4, 0.5) is 5.69 Å². The fourth-order valence-corrected chi connectivity index (χ4v) is 2.16. The third kappa shape index (κ3) is 3.12. The molecule has 2 rings (SSSR count). The maximum Gasteiger partial charge on any atom is 0.226 e. The predicted octanol–water partition coefficient (Wildman–Crippen LogP) is 1.90. The number of benzene rings is 1. The molecule has 0 aromatic heterocycles. The number of hydrogen-bond donors (Lipinski definition) is 1. The number of amides is 1. The van der Waals surface area contributed by atoms with Crippen molar-refractivity contribution >= 4 is 11.6 Å². The molecular weight excluding hydrogens is 224 g/mol. The van der Waals surface area contributed by atoms with Gasteiger partial charge in [-0.05, 0) is 31.0 Å². The van der Waals surface area contributed by atoms with Crippen LogP contribution in [0.5, 0.6) is 0 Å². The molecule has 18 heavy (non-hydrogen) atoms. The van der Waals surface area contributed by atoms with Crippen molar-refractivity contribution in [2.45, 2.75) is 25.7 Å². The Morgan fingerprint density at radius 2 is 2.17 bits per heavy atom. The van der Waals surface area contributed by atoms with Crippen LogP contribution in [0.25, 0.3) is 0 Å². The summed E-state index contributed by atoms with van der Waals surface area (Å²) in [5.41, 5.74) is 7.22. The van der Waals surface area contributed by atoms with Gasteiger partial charge in [0.15, 0.2) is 0 Å². The Morgan fingerprint density at radius 3 is 3.00 bits per heavy atom. The molecule has 3 nitrogen and oxygen atoms in total. The van der Waals surface area contributed by atoms with E-state index >= 15 is 0 Å². The van der Waals surface area contributed by atoms with Gasteiger partial charge in [-0.25, -0.2) is 0 Å². The molecule has 0 spiro atoms. The molecule has 1 aromatic carbocycles. The molecular formula is C15H18N2O. The molecule has 0 bridgehead atoms. The second-order valence-electron chi connectivity index (χ2n) is 4.41. The number of hydrogen-bond acceptors (Lipinski definition) is 2. The van der Waals surface area contributed by atoms with Crippen LogP contribution in [0.1, 0.15) is 31.2 Å². The first kappa shape index (κ1) is 12.7. The van der Waals surface area contributed by atoms with Crippen molar-refractivity contribution in [3.63, 3.8) is 0 Å². The third-order valence-electron chi connectivity index (χ3n) is 3.07. The van der Waals surface area contributed by atoms with E-state index in [4.69, 9.17) is 5.73 Å². The van der Waals surface area contributed by atoms with Crippen LogP contribution >= 0.6 is 0 Å². The summed E-state index contributed by atoms with van der Waals surface area (Å²) in [4.78, 5) is 13.9. The molecule has 1 aliphatic heterocycles. The van der Waals surface area contributed by atoms with E-state index in [-0.39, 0.29) is 5.91 Å². The minimum atomic E-state index is 0.219. The van der Waals surface area contributed by atoms with Crippen LogP contribution in [0.15, 0.2) is 24.3 Å². The predicted molar refractivity (Wildman–Crippen MR) is 73.2 cm³/mol.